The smallest absolute Gasteiger partial charge is 0.318 e. The van der Waals surface area contributed by atoms with Crippen LogP contribution < -0.4 is 0 Å². The first-order valence-electron chi connectivity index (χ1n) is 3.95. The van der Waals surface area contributed by atoms with Crippen molar-refractivity contribution in [1.29, 1.82) is 0 Å². The molecule has 1 aliphatic rings. The van der Waals surface area contributed by atoms with Crippen molar-refractivity contribution in [3.05, 3.63) is 41.8 Å². The standard InChI is InChI=1S/C10H8O3/c11-9-6-8(10(12)13-9)7-4-2-1-3-5-7/h1-5,12H,6H2. The van der Waals surface area contributed by atoms with E-state index in [-0.39, 0.29) is 12.4 Å². The van der Waals surface area contributed by atoms with Gasteiger partial charge < -0.3 is 9.84 Å². The Hall–Kier alpha value is -1.77. The van der Waals surface area contributed by atoms with Gasteiger partial charge in [0.15, 0.2) is 0 Å². The molecule has 3 nitrogen and oxygen atoms in total. The molecular weight excluding hydrogens is 168 g/mol. The van der Waals surface area contributed by atoms with Gasteiger partial charge in [-0.1, -0.05) is 30.3 Å². The molecule has 2 rings (SSSR count). The molecule has 0 atom stereocenters. The fraction of sp³-hybridized carbons (Fsp3) is 0.100. The van der Waals surface area contributed by atoms with Crippen LogP contribution in [0.5, 0.6) is 0 Å². The molecule has 66 valence electrons. The highest BCUT2D eigenvalue weighted by atomic mass is 16.6. The van der Waals surface area contributed by atoms with Crippen molar-refractivity contribution >= 4 is 11.5 Å². The minimum absolute atomic E-state index is 0.149. The number of rotatable bonds is 1. The molecule has 0 fully saturated rings. The highest BCUT2D eigenvalue weighted by molar-refractivity contribution is 5.90. The van der Waals surface area contributed by atoms with Gasteiger partial charge in [0.25, 0.3) is 5.95 Å². The van der Waals surface area contributed by atoms with Gasteiger partial charge >= 0.3 is 5.97 Å². The zero-order chi connectivity index (χ0) is 9.26. The SMILES string of the molecule is O=C1CC(c2ccccc2)=C(O)O1. The van der Waals surface area contributed by atoms with Gasteiger partial charge in [-0.2, -0.15) is 0 Å². The number of aliphatic hydroxyl groups excluding tert-OH is 1. The van der Waals surface area contributed by atoms with Crippen LogP contribution in [0.15, 0.2) is 36.3 Å². The van der Waals surface area contributed by atoms with E-state index >= 15 is 0 Å². The van der Waals surface area contributed by atoms with E-state index in [1.54, 1.807) is 0 Å². The minimum Gasteiger partial charge on any atom is -0.480 e. The Bertz CT molecular complexity index is 365. The maximum absolute atomic E-state index is 10.8. The van der Waals surface area contributed by atoms with Crippen LogP contribution in [0.3, 0.4) is 0 Å². The van der Waals surface area contributed by atoms with Gasteiger partial charge in [0.2, 0.25) is 0 Å². The van der Waals surface area contributed by atoms with Crippen molar-refractivity contribution in [1.82, 2.24) is 0 Å². The van der Waals surface area contributed by atoms with Gasteiger partial charge in [-0.05, 0) is 5.56 Å². The third kappa shape index (κ3) is 1.40. The van der Waals surface area contributed by atoms with E-state index in [9.17, 15) is 9.90 Å². The first kappa shape index (κ1) is 7.86. The molecule has 0 bridgehead atoms. The number of hydrogen-bond acceptors (Lipinski definition) is 3. The van der Waals surface area contributed by atoms with E-state index in [2.05, 4.69) is 4.74 Å². The van der Waals surface area contributed by atoms with Gasteiger partial charge in [0, 0.05) is 0 Å². The Balaban J connectivity index is 2.38. The summed E-state index contributed by atoms with van der Waals surface area (Å²) in [5, 5.41) is 9.25. The first-order valence-corrected chi connectivity index (χ1v) is 3.95. The average molecular weight is 176 g/mol. The van der Waals surface area contributed by atoms with Crippen LogP contribution in [-0.4, -0.2) is 11.1 Å². The fourth-order valence-electron chi connectivity index (χ4n) is 1.29. The second kappa shape index (κ2) is 2.94. The summed E-state index contributed by atoms with van der Waals surface area (Å²) in [5.74, 6) is -0.674. The molecule has 0 saturated carbocycles. The number of carbonyl (C=O) groups is 1. The second-order valence-corrected chi connectivity index (χ2v) is 2.80. The third-order valence-corrected chi connectivity index (χ3v) is 1.91. The van der Waals surface area contributed by atoms with Crippen molar-refractivity contribution in [2.24, 2.45) is 0 Å². The quantitative estimate of drug-likeness (QED) is 0.664. The molecule has 0 saturated heterocycles. The molecule has 1 aromatic rings. The van der Waals surface area contributed by atoms with Crippen LogP contribution in [0.4, 0.5) is 0 Å². The van der Waals surface area contributed by atoms with Crippen molar-refractivity contribution < 1.29 is 14.6 Å². The van der Waals surface area contributed by atoms with Crippen LogP contribution in [0.25, 0.3) is 5.57 Å². The largest absolute Gasteiger partial charge is 0.480 e. The summed E-state index contributed by atoms with van der Waals surface area (Å²) in [6.07, 6.45) is 0.149. The topological polar surface area (TPSA) is 46.5 Å². The molecular formula is C10H8O3. The number of cyclic esters (lactones) is 1. The van der Waals surface area contributed by atoms with Gasteiger partial charge in [0.05, 0.1) is 12.0 Å². The minimum atomic E-state index is -0.406. The Labute approximate surface area is 75.3 Å². The van der Waals surface area contributed by atoms with Crippen molar-refractivity contribution in [3.63, 3.8) is 0 Å². The second-order valence-electron chi connectivity index (χ2n) is 2.80. The average Bonchev–Trinajstić information content (AvgIpc) is 2.47. The lowest BCUT2D eigenvalue weighted by atomic mass is 10.1. The normalized spacial score (nSPS) is 16.2. The number of aliphatic hydroxyl groups is 1. The molecule has 1 aromatic carbocycles. The summed E-state index contributed by atoms with van der Waals surface area (Å²) >= 11 is 0. The Morgan fingerprint density at radius 3 is 2.46 bits per heavy atom. The van der Waals surface area contributed by atoms with Gasteiger partial charge in [-0.15, -0.1) is 0 Å². The third-order valence-electron chi connectivity index (χ3n) is 1.91. The van der Waals surface area contributed by atoms with Crippen LogP contribution >= 0.6 is 0 Å². The highest BCUT2D eigenvalue weighted by Gasteiger charge is 2.24. The van der Waals surface area contributed by atoms with Crippen molar-refractivity contribution in [2.45, 2.75) is 6.42 Å². The predicted octanol–water partition coefficient (Wildman–Crippen LogP) is 1.86. The molecule has 1 aliphatic heterocycles. The van der Waals surface area contributed by atoms with E-state index in [0.29, 0.717) is 5.57 Å². The van der Waals surface area contributed by atoms with Gasteiger partial charge in [-0.3, -0.25) is 4.79 Å². The lowest BCUT2D eigenvalue weighted by Crippen LogP contribution is -1.92. The van der Waals surface area contributed by atoms with Crippen molar-refractivity contribution in [2.75, 3.05) is 0 Å². The number of ether oxygens (including phenoxy) is 1. The fourth-order valence-corrected chi connectivity index (χ4v) is 1.29. The van der Waals surface area contributed by atoms with E-state index < -0.39 is 5.97 Å². The van der Waals surface area contributed by atoms with Crippen LogP contribution in [0.2, 0.25) is 0 Å². The summed E-state index contributed by atoms with van der Waals surface area (Å²) in [4.78, 5) is 10.8. The summed E-state index contributed by atoms with van der Waals surface area (Å²) in [5.41, 5.74) is 1.39. The first-order chi connectivity index (χ1) is 6.27. The summed E-state index contributed by atoms with van der Waals surface area (Å²) in [6, 6.07) is 9.22. The number of carbonyl (C=O) groups excluding carboxylic acids is 1. The van der Waals surface area contributed by atoms with Crippen LogP contribution in [0.1, 0.15) is 12.0 Å². The zero-order valence-corrected chi connectivity index (χ0v) is 6.86. The van der Waals surface area contributed by atoms with Crippen LogP contribution in [0, 0.1) is 0 Å². The molecule has 0 aliphatic carbocycles. The predicted molar refractivity (Wildman–Crippen MR) is 46.7 cm³/mol. The van der Waals surface area contributed by atoms with Crippen LogP contribution in [-0.2, 0) is 9.53 Å². The Kier molecular flexibility index (Phi) is 1.77. The molecule has 0 unspecified atom stereocenters. The van der Waals surface area contributed by atoms with E-state index in [1.165, 1.54) is 0 Å². The van der Waals surface area contributed by atoms with E-state index in [0.717, 1.165) is 5.56 Å². The molecule has 0 amide bonds. The Morgan fingerprint density at radius 1 is 1.23 bits per heavy atom. The molecule has 1 N–H and O–H groups in total. The number of benzene rings is 1. The zero-order valence-electron chi connectivity index (χ0n) is 6.86. The molecule has 13 heavy (non-hydrogen) atoms. The molecule has 1 heterocycles. The maximum Gasteiger partial charge on any atom is 0.318 e. The summed E-state index contributed by atoms with van der Waals surface area (Å²) in [6.45, 7) is 0. The molecule has 0 radical (unpaired) electrons. The lowest BCUT2D eigenvalue weighted by molar-refractivity contribution is -0.139. The summed E-state index contributed by atoms with van der Waals surface area (Å²) in [7, 11) is 0. The Morgan fingerprint density at radius 2 is 1.92 bits per heavy atom. The molecule has 0 spiro atoms. The van der Waals surface area contributed by atoms with Gasteiger partial charge in [0.1, 0.15) is 0 Å². The monoisotopic (exact) mass is 176 g/mol. The van der Waals surface area contributed by atoms with E-state index in [4.69, 9.17) is 0 Å². The lowest BCUT2D eigenvalue weighted by Gasteiger charge is -1.97. The number of esters is 1. The van der Waals surface area contributed by atoms with Crippen molar-refractivity contribution in [3.8, 4) is 0 Å². The number of hydrogen-bond donors (Lipinski definition) is 1. The molecule has 3 heteroatoms. The van der Waals surface area contributed by atoms with E-state index in [1.807, 2.05) is 30.3 Å². The van der Waals surface area contributed by atoms with Gasteiger partial charge in [-0.25, -0.2) is 0 Å². The maximum atomic E-state index is 10.8. The summed E-state index contributed by atoms with van der Waals surface area (Å²) < 4.78 is 4.52. The highest BCUT2D eigenvalue weighted by Crippen LogP contribution is 2.27. The molecule has 0 aromatic heterocycles.